The number of rotatable bonds is 4. The van der Waals surface area contributed by atoms with Crippen molar-refractivity contribution in [2.45, 2.75) is 31.6 Å². The van der Waals surface area contributed by atoms with Crippen molar-refractivity contribution in [3.63, 3.8) is 0 Å². The number of benzene rings is 1. The summed E-state index contributed by atoms with van der Waals surface area (Å²) in [6.07, 6.45) is 3.69. The number of aryl methyl sites for hydroxylation is 1. The van der Waals surface area contributed by atoms with E-state index < -0.39 is 10.0 Å². The number of nitrogens with zero attached hydrogens (tertiary/aromatic N) is 2. The Morgan fingerprint density at radius 3 is 2.42 bits per heavy atom. The van der Waals surface area contributed by atoms with Gasteiger partial charge in [0.05, 0.1) is 10.6 Å². The van der Waals surface area contributed by atoms with Crippen molar-refractivity contribution in [2.24, 2.45) is 10.9 Å². The number of hydrogen-bond acceptors (Lipinski definition) is 4. The molecule has 1 saturated heterocycles. The van der Waals surface area contributed by atoms with Gasteiger partial charge in [-0.3, -0.25) is 4.99 Å². The Morgan fingerprint density at radius 2 is 1.83 bits per heavy atom. The minimum Gasteiger partial charge on any atom is -0.255 e. The zero-order valence-corrected chi connectivity index (χ0v) is 15.6. The molecule has 1 aliphatic heterocycles. The van der Waals surface area contributed by atoms with Crippen molar-refractivity contribution >= 4 is 33.3 Å². The van der Waals surface area contributed by atoms with E-state index in [0.717, 1.165) is 23.4 Å². The lowest BCUT2D eigenvalue weighted by Gasteiger charge is -2.29. The molecule has 0 radical (unpaired) electrons. The van der Waals surface area contributed by atoms with Gasteiger partial charge in [0.15, 0.2) is 0 Å². The van der Waals surface area contributed by atoms with Crippen LogP contribution in [0, 0.1) is 12.8 Å². The lowest BCUT2D eigenvalue weighted by molar-refractivity contribution is 0.288. The van der Waals surface area contributed by atoms with Gasteiger partial charge in [-0.25, -0.2) is 8.42 Å². The third-order valence-corrected chi connectivity index (χ3v) is 7.32. The molecule has 0 amide bonds. The Bertz CT molecular complexity index is 815. The molecule has 0 spiro atoms. The molecular formula is C18H22N2O2S2. The monoisotopic (exact) mass is 362 g/mol. The zero-order valence-electron chi connectivity index (χ0n) is 14.0. The summed E-state index contributed by atoms with van der Waals surface area (Å²) in [6.45, 7) is 5.45. The van der Waals surface area contributed by atoms with E-state index in [9.17, 15) is 8.42 Å². The normalized spacial score (nSPS) is 17.6. The predicted octanol–water partition coefficient (Wildman–Crippen LogP) is 4.23. The molecule has 3 rings (SSSR count). The summed E-state index contributed by atoms with van der Waals surface area (Å²) in [5, 5.41) is 2.03. The third-order valence-electron chi connectivity index (χ3n) is 4.45. The Morgan fingerprint density at radius 1 is 1.17 bits per heavy atom. The summed E-state index contributed by atoms with van der Waals surface area (Å²) in [6, 6.07) is 8.89. The quantitative estimate of drug-likeness (QED) is 0.764. The van der Waals surface area contributed by atoms with E-state index in [-0.39, 0.29) is 0 Å². The van der Waals surface area contributed by atoms with Gasteiger partial charge >= 0.3 is 0 Å². The van der Waals surface area contributed by atoms with Crippen LogP contribution >= 0.6 is 11.3 Å². The third kappa shape index (κ3) is 3.77. The van der Waals surface area contributed by atoms with Crippen LogP contribution in [0.5, 0.6) is 0 Å². The highest BCUT2D eigenvalue weighted by Crippen LogP contribution is 2.25. The maximum absolute atomic E-state index is 12.7. The van der Waals surface area contributed by atoms with Gasteiger partial charge in [0, 0.05) is 24.2 Å². The molecule has 0 atom stereocenters. The van der Waals surface area contributed by atoms with Gasteiger partial charge in [-0.1, -0.05) is 6.92 Å². The first-order valence-electron chi connectivity index (χ1n) is 8.15. The molecule has 6 heteroatoms. The first-order chi connectivity index (χ1) is 11.5. The molecule has 2 heterocycles. The molecule has 1 aliphatic rings. The summed E-state index contributed by atoms with van der Waals surface area (Å²) in [7, 11) is -3.38. The van der Waals surface area contributed by atoms with Gasteiger partial charge in [0.2, 0.25) is 10.0 Å². The van der Waals surface area contributed by atoms with E-state index in [1.165, 1.54) is 5.56 Å². The molecule has 1 aromatic heterocycles. The molecule has 128 valence electrons. The van der Waals surface area contributed by atoms with Gasteiger partial charge in [0.25, 0.3) is 0 Å². The average molecular weight is 363 g/mol. The van der Waals surface area contributed by atoms with Crippen LogP contribution in [0.2, 0.25) is 0 Å². The van der Waals surface area contributed by atoms with Crippen LogP contribution < -0.4 is 0 Å². The van der Waals surface area contributed by atoms with E-state index in [1.807, 2.05) is 18.5 Å². The molecule has 0 N–H and O–H groups in total. The highest BCUT2D eigenvalue weighted by molar-refractivity contribution is 7.89. The number of thiophene rings is 1. The molecule has 1 fully saturated rings. The molecular weight excluding hydrogens is 340 g/mol. The van der Waals surface area contributed by atoms with E-state index >= 15 is 0 Å². The summed E-state index contributed by atoms with van der Waals surface area (Å²) in [4.78, 5) is 5.90. The fraction of sp³-hybridized carbons (Fsp3) is 0.389. The number of hydrogen-bond donors (Lipinski definition) is 0. The van der Waals surface area contributed by atoms with Gasteiger partial charge in [-0.05, 0) is 67.0 Å². The van der Waals surface area contributed by atoms with Crippen LogP contribution in [-0.2, 0) is 10.0 Å². The second-order valence-corrected chi connectivity index (χ2v) is 9.19. The standard InChI is InChI=1S/C18H22N2O2S2/c1-14-7-10-20(11-8-14)24(21,22)17-5-3-16(4-6-17)19-13-18-15(2)9-12-23-18/h3-6,9,12-14H,7-8,10-11H2,1-2H3. The minimum absolute atomic E-state index is 0.350. The Hall–Kier alpha value is -1.50. The molecule has 4 nitrogen and oxygen atoms in total. The van der Waals surface area contributed by atoms with E-state index in [4.69, 9.17) is 0 Å². The predicted molar refractivity (Wildman–Crippen MR) is 99.9 cm³/mol. The van der Waals surface area contributed by atoms with Crippen LogP contribution in [0.25, 0.3) is 0 Å². The van der Waals surface area contributed by atoms with Crippen molar-refractivity contribution in [1.29, 1.82) is 0 Å². The van der Waals surface area contributed by atoms with Crippen molar-refractivity contribution in [2.75, 3.05) is 13.1 Å². The van der Waals surface area contributed by atoms with E-state index in [2.05, 4.69) is 18.0 Å². The lowest BCUT2D eigenvalue weighted by atomic mass is 10.0. The van der Waals surface area contributed by atoms with Gasteiger partial charge in [0.1, 0.15) is 0 Å². The molecule has 24 heavy (non-hydrogen) atoms. The first-order valence-corrected chi connectivity index (χ1v) is 10.5. The summed E-state index contributed by atoms with van der Waals surface area (Å²) >= 11 is 1.64. The summed E-state index contributed by atoms with van der Waals surface area (Å²) in [5.74, 6) is 0.605. The lowest BCUT2D eigenvalue weighted by Crippen LogP contribution is -2.37. The van der Waals surface area contributed by atoms with Crippen LogP contribution in [0.3, 0.4) is 0 Å². The van der Waals surface area contributed by atoms with E-state index in [1.54, 1.807) is 39.9 Å². The van der Waals surface area contributed by atoms with Gasteiger partial charge < -0.3 is 0 Å². The fourth-order valence-electron chi connectivity index (χ4n) is 2.73. The van der Waals surface area contributed by atoms with Crippen molar-refractivity contribution in [1.82, 2.24) is 4.31 Å². The van der Waals surface area contributed by atoms with Crippen molar-refractivity contribution in [3.05, 3.63) is 46.2 Å². The Balaban J connectivity index is 1.74. The number of sulfonamides is 1. The summed E-state index contributed by atoms with van der Waals surface area (Å²) < 4.78 is 27.0. The van der Waals surface area contributed by atoms with Crippen molar-refractivity contribution in [3.8, 4) is 0 Å². The summed E-state index contributed by atoms with van der Waals surface area (Å²) in [5.41, 5.74) is 1.95. The number of piperidine rings is 1. The van der Waals surface area contributed by atoms with Gasteiger partial charge in [-0.15, -0.1) is 11.3 Å². The second kappa shape index (κ2) is 7.17. The molecule has 1 aromatic carbocycles. The Labute approximate surface area is 147 Å². The highest BCUT2D eigenvalue weighted by Gasteiger charge is 2.27. The molecule has 0 bridgehead atoms. The molecule has 0 aliphatic carbocycles. The minimum atomic E-state index is -3.38. The van der Waals surface area contributed by atoms with Gasteiger partial charge in [-0.2, -0.15) is 4.31 Å². The first kappa shape index (κ1) is 17.3. The maximum atomic E-state index is 12.7. The molecule has 0 unspecified atom stereocenters. The van der Waals surface area contributed by atoms with Crippen LogP contribution in [0.1, 0.15) is 30.2 Å². The number of aliphatic imine (C=N–C) groups is 1. The second-order valence-electron chi connectivity index (χ2n) is 6.31. The SMILES string of the molecule is Cc1ccsc1C=Nc1ccc(S(=O)(=O)N2CCC(C)CC2)cc1. The van der Waals surface area contributed by atoms with E-state index in [0.29, 0.717) is 23.9 Å². The van der Waals surface area contributed by atoms with Crippen molar-refractivity contribution < 1.29 is 8.42 Å². The fourth-order valence-corrected chi connectivity index (χ4v) is 4.98. The average Bonchev–Trinajstić information content (AvgIpc) is 2.99. The molecule has 2 aromatic rings. The zero-order chi connectivity index (χ0) is 17.2. The maximum Gasteiger partial charge on any atom is 0.243 e. The van der Waals surface area contributed by atoms with Crippen LogP contribution in [0.4, 0.5) is 5.69 Å². The largest absolute Gasteiger partial charge is 0.255 e. The topological polar surface area (TPSA) is 49.7 Å². The Kier molecular flexibility index (Phi) is 5.18. The van der Waals surface area contributed by atoms with Crippen LogP contribution in [-0.4, -0.2) is 32.0 Å². The smallest absolute Gasteiger partial charge is 0.243 e. The van der Waals surface area contributed by atoms with Crippen LogP contribution in [0.15, 0.2) is 45.6 Å². The highest BCUT2D eigenvalue weighted by atomic mass is 32.2. The molecule has 0 saturated carbocycles.